The fourth-order valence-corrected chi connectivity index (χ4v) is 2.06. The molecule has 0 aliphatic rings. The van der Waals surface area contributed by atoms with E-state index in [1.807, 2.05) is 0 Å². The number of aliphatic hydroxyl groups excluding tert-OH is 1. The lowest BCUT2D eigenvalue weighted by atomic mass is 9.94. The predicted octanol–water partition coefficient (Wildman–Crippen LogP) is 1.39. The standard InChI is InChI=1S/C16H18O6/c1-9(17)21-12-6-4-10-5-7-14(19)22-15(10)11(12)8-13(18)16(2,3)20/h4-7,13,18,20H,8H2,1-3H3/t13-/m0/s1. The Kier molecular flexibility index (Phi) is 4.35. The Morgan fingerprint density at radius 3 is 2.55 bits per heavy atom. The van der Waals surface area contributed by atoms with Gasteiger partial charge in [-0.25, -0.2) is 4.79 Å². The van der Waals surface area contributed by atoms with E-state index in [4.69, 9.17) is 9.15 Å². The van der Waals surface area contributed by atoms with Crippen molar-refractivity contribution in [1.82, 2.24) is 0 Å². The molecule has 2 N–H and O–H groups in total. The number of esters is 1. The van der Waals surface area contributed by atoms with Gasteiger partial charge >= 0.3 is 11.6 Å². The molecule has 2 rings (SSSR count). The second-order valence-corrected chi connectivity index (χ2v) is 5.68. The van der Waals surface area contributed by atoms with Gasteiger partial charge < -0.3 is 19.4 Å². The molecule has 0 amide bonds. The maximum atomic E-state index is 11.5. The minimum absolute atomic E-state index is 0.0313. The summed E-state index contributed by atoms with van der Waals surface area (Å²) in [5.74, 6) is -0.339. The monoisotopic (exact) mass is 306 g/mol. The Labute approximate surface area is 126 Å². The van der Waals surface area contributed by atoms with Gasteiger partial charge in [0.2, 0.25) is 0 Å². The number of benzene rings is 1. The van der Waals surface area contributed by atoms with Crippen molar-refractivity contribution in [3.05, 3.63) is 40.2 Å². The fraction of sp³-hybridized carbons (Fsp3) is 0.375. The molecule has 1 aromatic carbocycles. The Bertz CT molecular complexity index is 753. The zero-order chi connectivity index (χ0) is 16.5. The molecule has 2 aromatic rings. The topological polar surface area (TPSA) is 97.0 Å². The first-order chi connectivity index (χ1) is 10.2. The highest BCUT2D eigenvalue weighted by molar-refractivity contribution is 5.83. The van der Waals surface area contributed by atoms with E-state index in [9.17, 15) is 19.8 Å². The largest absolute Gasteiger partial charge is 0.426 e. The molecule has 0 saturated carbocycles. The van der Waals surface area contributed by atoms with Crippen molar-refractivity contribution in [2.45, 2.75) is 38.9 Å². The number of carbonyl (C=O) groups excluding carboxylic acids is 1. The van der Waals surface area contributed by atoms with Crippen LogP contribution in [0.15, 0.2) is 33.5 Å². The third-order valence-electron chi connectivity index (χ3n) is 3.32. The molecular formula is C16H18O6. The molecule has 0 unspecified atom stereocenters. The Balaban J connectivity index is 2.61. The van der Waals surface area contributed by atoms with Gasteiger partial charge in [-0.15, -0.1) is 0 Å². The van der Waals surface area contributed by atoms with Crippen molar-refractivity contribution in [3.63, 3.8) is 0 Å². The summed E-state index contributed by atoms with van der Waals surface area (Å²) >= 11 is 0. The van der Waals surface area contributed by atoms with Gasteiger partial charge in [0.25, 0.3) is 0 Å². The number of hydrogen-bond acceptors (Lipinski definition) is 6. The van der Waals surface area contributed by atoms with Crippen molar-refractivity contribution in [2.75, 3.05) is 0 Å². The van der Waals surface area contributed by atoms with Crippen LogP contribution in [0.3, 0.4) is 0 Å². The molecule has 1 aromatic heterocycles. The molecule has 1 atom stereocenters. The molecule has 0 aliphatic heterocycles. The third kappa shape index (κ3) is 3.52. The first kappa shape index (κ1) is 16.2. The molecule has 6 nitrogen and oxygen atoms in total. The van der Waals surface area contributed by atoms with Crippen LogP contribution in [-0.2, 0) is 11.2 Å². The molecule has 6 heteroatoms. The maximum Gasteiger partial charge on any atom is 0.336 e. The van der Waals surface area contributed by atoms with Gasteiger partial charge in [-0.3, -0.25) is 4.79 Å². The summed E-state index contributed by atoms with van der Waals surface area (Å²) in [5.41, 5.74) is -1.31. The minimum atomic E-state index is -1.36. The number of aliphatic hydroxyl groups is 2. The van der Waals surface area contributed by atoms with E-state index < -0.39 is 23.3 Å². The number of fused-ring (bicyclic) bond motifs is 1. The summed E-state index contributed by atoms with van der Waals surface area (Å²) in [6, 6.07) is 6.08. The zero-order valence-electron chi connectivity index (χ0n) is 12.6. The number of ether oxygens (including phenoxy) is 1. The van der Waals surface area contributed by atoms with Crippen LogP contribution in [0.4, 0.5) is 0 Å². The lowest BCUT2D eigenvalue weighted by molar-refractivity contribution is -0.131. The average molecular weight is 306 g/mol. The van der Waals surface area contributed by atoms with E-state index in [1.165, 1.54) is 26.8 Å². The van der Waals surface area contributed by atoms with Gasteiger partial charge in [-0.1, -0.05) is 0 Å². The second-order valence-electron chi connectivity index (χ2n) is 5.68. The maximum absolute atomic E-state index is 11.5. The highest BCUT2D eigenvalue weighted by Crippen LogP contribution is 2.30. The van der Waals surface area contributed by atoms with E-state index in [1.54, 1.807) is 18.2 Å². The van der Waals surface area contributed by atoms with Crippen molar-refractivity contribution < 1.29 is 24.2 Å². The number of hydrogen-bond donors (Lipinski definition) is 2. The van der Waals surface area contributed by atoms with E-state index in [0.717, 1.165) is 0 Å². The van der Waals surface area contributed by atoms with Gasteiger partial charge in [0.05, 0.1) is 11.7 Å². The third-order valence-corrected chi connectivity index (χ3v) is 3.32. The van der Waals surface area contributed by atoms with Crippen LogP contribution in [0, 0.1) is 0 Å². The molecule has 0 bridgehead atoms. The molecule has 1 heterocycles. The highest BCUT2D eigenvalue weighted by atomic mass is 16.5. The average Bonchev–Trinajstić information content (AvgIpc) is 2.39. The Hall–Kier alpha value is -2.18. The normalized spacial score (nSPS) is 13.1. The molecule has 118 valence electrons. The molecule has 0 fully saturated rings. The highest BCUT2D eigenvalue weighted by Gasteiger charge is 2.27. The van der Waals surface area contributed by atoms with Crippen LogP contribution < -0.4 is 10.4 Å². The molecule has 0 saturated heterocycles. The summed E-state index contributed by atoms with van der Waals surface area (Å²) in [4.78, 5) is 22.7. The van der Waals surface area contributed by atoms with Crippen LogP contribution in [0.2, 0.25) is 0 Å². The molecule has 22 heavy (non-hydrogen) atoms. The summed E-state index contributed by atoms with van der Waals surface area (Å²) in [6.45, 7) is 4.18. The van der Waals surface area contributed by atoms with E-state index in [-0.39, 0.29) is 17.8 Å². The van der Waals surface area contributed by atoms with Crippen LogP contribution in [0.25, 0.3) is 11.0 Å². The Morgan fingerprint density at radius 1 is 1.32 bits per heavy atom. The molecule has 0 aliphatic carbocycles. The van der Waals surface area contributed by atoms with Crippen molar-refractivity contribution in [3.8, 4) is 5.75 Å². The van der Waals surface area contributed by atoms with Crippen molar-refractivity contribution in [2.24, 2.45) is 0 Å². The number of carbonyl (C=O) groups is 1. The fourth-order valence-electron chi connectivity index (χ4n) is 2.06. The first-order valence-electron chi connectivity index (χ1n) is 6.83. The summed E-state index contributed by atoms with van der Waals surface area (Å²) in [5, 5.41) is 20.6. The Morgan fingerprint density at radius 2 is 1.95 bits per heavy atom. The summed E-state index contributed by atoms with van der Waals surface area (Å²) < 4.78 is 10.3. The molecule has 0 spiro atoms. The van der Waals surface area contributed by atoms with Gasteiger partial charge in [-0.05, 0) is 32.0 Å². The molecular weight excluding hydrogens is 288 g/mol. The van der Waals surface area contributed by atoms with Crippen molar-refractivity contribution in [1.29, 1.82) is 0 Å². The second kappa shape index (κ2) is 5.90. The van der Waals surface area contributed by atoms with Gasteiger partial charge in [0, 0.05) is 30.4 Å². The summed E-state index contributed by atoms with van der Waals surface area (Å²) in [6.07, 6.45) is -1.16. The lowest BCUT2D eigenvalue weighted by Gasteiger charge is -2.25. The van der Waals surface area contributed by atoms with Crippen LogP contribution in [0.1, 0.15) is 26.3 Å². The number of rotatable bonds is 4. The minimum Gasteiger partial charge on any atom is -0.426 e. The van der Waals surface area contributed by atoms with Gasteiger partial charge in [0.15, 0.2) is 0 Å². The van der Waals surface area contributed by atoms with Crippen molar-refractivity contribution >= 4 is 16.9 Å². The molecule has 0 radical (unpaired) electrons. The summed E-state index contributed by atoms with van der Waals surface area (Å²) in [7, 11) is 0. The quantitative estimate of drug-likeness (QED) is 0.503. The van der Waals surface area contributed by atoms with Crippen LogP contribution in [0.5, 0.6) is 5.75 Å². The van der Waals surface area contributed by atoms with Crippen LogP contribution >= 0.6 is 0 Å². The smallest absolute Gasteiger partial charge is 0.336 e. The van der Waals surface area contributed by atoms with Crippen LogP contribution in [-0.4, -0.2) is 27.9 Å². The van der Waals surface area contributed by atoms with Gasteiger partial charge in [0.1, 0.15) is 11.3 Å². The first-order valence-corrected chi connectivity index (χ1v) is 6.83. The van der Waals surface area contributed by atoms with Gasteiger partial charge in [-0.2, -0.15) is 0 Å². The predicted molar refractivity (Wildman–Crippen MR) is 79.8 cm³/mol. The van der Waals surface area contributed by atoms with E-state index in [0.29, 0.717) is 10.9 Å². The lowest BCUT2D eigenvalue weighted by Crippen LogP contribution is -2.37. The zero-order valence-corrected chi connectivity index (χ0v) is 12.6. The van der Waals surface area contributed by atoms with E-state index >= 15 is 0 Å². The van der Waals surface area contributed by atoms with E-state index in [2.05, 4.69) is 0 Å². The SMILES string of the molecule is CC(=O)Oc1ccc2ccc(=O)oc2c1C[C@H](O)C(C)(C)O.